The Labute approximate surface area is 428 Å². The summed E-state index contributed by atoms with van der Waals surface area (Å²) < 4.78 is 34.0. The number of allylic oxidation sites excluding steroid dienone is 4. The first-order valence-electron chi connectivity index (χ1n) is 29.5. The van der Waals surface area contributed by atoms with Crippen molar-refractivity contribution in [1.29, 1.82) is 0 Å². The molecule has 69 heavy (non-hydrogen) atoms. The zero-order valence-electron chi connectivity index (χ0n) is 46.3. The number of carbonyl (C=O) groups is 2. The van der Waals surface area contributed by atoms with E-state index >= 15 is 0 Å². The van der Waals surface area contributed by atoms with Crippen molar-refractivity contribution in [2.24, 2.45) is 0 Å². The summed E-state index contributed by atoms with van der Waals surface area (Å²) in [6.45, 7) is 4.19. The summed E-state index contributed by atoms with van der Waals surface area (Å²) in [5.74, 6) is -0.834. The lowest BCUT2D eigenvalue weighted by Gasteiger charge is -2.28. The van der Waals surface area contributed by atoms with Gasteiger partial charge in [0.05, 0.1) is 27.7 Å². The molecule has 0 aromatic rings. The molecule has 0 aliphatic rings. The summed E-state index contributed by atoms with van der Waals surface area (Å²) in [6, 6.07) is 0. The smallest absolute Gasteiger partial charge is 0.306 e. The van der Waals surface area contributed by atoms with E-state index in [0.717, 1.165) is 57.8 Å². The van der Waals surface area contributed by atoms with Crippen LogP contribution in [-0.2, 0) is 32.7 Å². The minimum Gasteiger partial charge on any atom is -0.756 e. The van der Waals surface area contributed by atoms with Crippen LogP contribution in [0.1, 0.15) is 290 Å². The molecular weight excluding hydrogens is 882 g/mol. The third-order valence-electron chi connectivity index (χ3n) is 13.2. The van der Waals surface area contributed by atoms with Gasteiger partial charge in [0.1, 0.15) is 19.8 Å². The predicted molar refractivity (Wildman–Crippen MR) is 291 cm³/mol. The molecule has 10 heteroatoms. The number of quaternary nitrogens is 1. The van der Waals surface area contributed by atoms with Gasteiger partial charge in [-0.25, -0.2) is 0 Å². The maximum absolute atomic E-state index is 12.7. The van der Waals surface area contributed by atoms with Crippen molar-refractivity contribution in [3.63, 3.8) is 0 Å². The van der Waals surface area contributed by atoms with Gasteiger partial charge >= 0.3 is 11.9 Å². The minimum atomic E-state index is -4.63. The van der Waals surface area contributed by atoms with Crippen molar-refractivity contribution >= 4 is 19.8 Å². The monoisotopic (exact) mass is 996 g/mol. The van der Waals surface area contributed by atoms with Crippen LogP contribution in [0.3, 0.4) is 0 Å². The van der Waals surface area contributed by atoms with E-state index < -0.39 is 32.5 Å². The van der Waals surface area contributed by atoms with Gasteiger partial charge < -0.3 is 27.9 Å². The van der Waals surface area contributed by atoms with Gasteiger partial charge in [0.25, 0.3) is 7.82 Å². The fraction of sp³-hybridized carbons (Fsp3) is 0.898. The van der Waals surface area contributed by atoms with Crippen LogP contribution < -0.4 is 4.89 Å². The highest BCUT2D eigenvalue weighted by Crippen LogP contribution is 2.38. The number of ether oxygens (including phenoxy) is 2. The lowest BCUT2D eigenvalue weighted by atomic mass is 10.0. The Kier molecular flexibility index (Phi) is 50.3. The van der Waals surface area contributed by atoms with Crippen LogP contribution in [0.5, 0.6) is 0 Å². The second-order valence-electron chi connectivity index (χ2n) is 21.4. The van der Waals surface area contributed by atoms with Crippen molar-refractivity contribution in [1.82, 2.24) is 0 Å². The quantitative estimate of drug-likeness (QED) is 0.0195. The van der Waals surface area contributed by atoms with Gasteiger partial charge in [-0.05, 0) is 57.8 Å². The summed E-state index contributed by atoms with van der Waals surface area (Å²) in [6.07, 6.45) is 61.3. The summed E-state index contributed by atoms with van der Waals surface area (Å²) >= 11 is 0. The molecular formula is C59H114NO8P. The Bertz CT molecular complexity index is 1220. The van der Waals surface area contributed by atoms with Crippen LogP contribution in [0.25, 0.3) is 0 Å². The summed E-state index contributed by atoms with van der Waals surface area (Å²) in [5.41, 5.74) is 0. The third-order valence-corrected chi connectivity index (χ3v) is 14.1. The number of hydrogen-bond donors (Lipinski definition) is 0. The third kappa shape index (κ3) is 55.7. The Balaban J connectivity index is 3.87. The first-order valence-corrected chi connectivity index (χ1v) is 31.0. The summed E-state index contributed by atoms with van der Waals surface area (Å²) in [4.78, 5) is 37.6. The molecule has 0 saturated heterocycles. The zero-order chi connectivity index (χ0) is 50.6. The van der Waals surface area contributed by atoms with Crippen molar-refractivity contribution in [2.75, 3.05) is 47.5 Å². The molecule has 0 saturated carbocycles. The van der Waals surface area contributed by atoms with Crippen molar-refractivity contribution in [3.05, 3.63) is 24.3 Å². The highest BCUT2D eigenvalue weighted by Gasteiger charge is 2.22. The molecule has 0 aliphatic heterocycles. The second-order valence-corrected chi connectivity index (χ2v) is 22.8. The number of hydrogen-bond acceptors (Lipinski definition) is 8. The Hall–Kier alpha value is -1.51. The molecule has 0 aromatic carbocycles. The number of phosphoric ester groups is 1. The topological polar surface area (TPSA) is 111 Å². The van der Waals surface area contributed by atoms with Gasteiger partial charge in [0.15, 0.2) is 6.10 Å². The second kappa shape index (κ2) is 51.4. The maximum Gasteiger partial charge on any atom is 0.306 e. The van der Waals surface area contributed by atoms with E-state index in [4.69, 9.17) is 18.5 Å². The van der Waals surface area contributed by atoms with Crippen molar-refractivity contribution in [3.8, 4) is 0 Å². The first kappa shape index (κ1) is 67.5. The molecule has 0 aliphatic carbocycles. The molecule has 0 spiro atoms. The Morgan fingerprint density at radius 2 is 0.768 bits per heavy atom. The lowest BCUT2D eigenvalue weighted by Crippen LogP contribution is -2.37. The van der Waals surface area contributed by atoms with E-state index in [1.807, 2.05) is 21.1 Å². The van der Waals surface area contributed by atoms with Gasteiger partial charge in [-0.15, -0.1) is 0 Å². The minimum absolute atomic E-state index is 0.0296. The van der Waals surface area contributed by atoms with Crippen LogP contribution in [0, 0.1) is 0 Å². The molecule has 0 radical (unpaired) electrons. The molecule has 0 bridgehead atoms. The van der Waals surface area contributed by atoms with Gasteiger partial charge in [-0.1, -0.05) is 244 Å². The molecule has 408 valence electrons. The molecule has 0 rings (SSSR count). The van der Waals surface area contributed by atoms with Crippen LogP contribution >= 0.6 is 7.82 Å². The van der Waals surface area contributed by atoms with E-state index in [1.54, 1.807) is 0 Å². The first-order chi connectivity index (χ1) is 33.5. The number of unbranched alkanes of at least 4 members (excludes halogenated alkanes) is 37. The van der Waals surface area contributed by atoms with Gasteiger partial charge in [-0.3, -0.25) is 14.2 Å². The fourth-order valence-electron chi connectivity index (χ4n) is 8.60. The van der Waals surface area contributed by atoms with E-state index in [0.29, 0.717) is 17.4 Å². The maximum atomic E-state index is 12.7. The fourth-order valence-corrected chi connectivity index (χ4v) is 9.33. The molecule has 2 unspecified atom stereocenters. The average molecular weight is 997 g/mol. The highest BCUT2D eigenvalue weighted by molar-refractivity contribution is 7.45. The average Bonchev–Trinajstić information content (AvgIpc) is 3.31. The molecule has 0 amide bonds. The number of nitrogens with zero attached hydrogens (tertiary/aromatic N) is 1. The predicted octanol–water partition coefficient (Wildman–Crippen LogP) is 17.6. The standard InChI is InChI=1S/C59H114NO8P/c1-6-8-10-12-14-16-18-19-20-21-22-23-24-25-26-27-28-29-30-31-32-33-34-35-36-37-38-39-40-41-42-44-46-48-50-52-59(62)68-57(56-67-69(63,64)66-54-53-60(3,4)5)55-65-58(61)51-49-47-45-43-17-15-13-11-9-7-2/h11,13,21-22,57H,6-10,12,14-20,23-56H2,1-5H3/b13-11-,22-21-. The molecule has 2 atom stereocenters. The Morgan fingerprint density at radius 1 is 0.435 bits per heavy atom. The van der Waals surface area contributed by atoms with Crippen molar-refractivity contribution < 1.29 is 42.1 Å². The summed E-state index contributed by atoms with van der Waals surface area (Å²) in [7, 11) is 1.17. The van der Waals surface area contributed by atoms with E-state index in [1.165, 1.54) is 199 Å². The number of likely N-dealkylation sites (N-methyl/N-ethyl adjacent to an activating group) is 1. The SMILES string of the molecule is CCC/C=C\CCCCCCCC(=O)OCC(COP(=O)([O-])OCC[N+](C)(C)C)OC(=O)CCCCCCCCCCCCCCCCCCCCCCCCC/C=C\CCCCCCCCCC. The molecule has 0 heterocycles. The van der Waals surface area contributed by atoms with Gasteiger partial charge in [0, 0.05) is 12.8 Å². The Morgan fingerprint density at radius 3 is 1.13 bits per heavy atom. The van der Waals surface area contributed by atoms with Gasteiger partial charge in [0.2, 0.25) is 0 Å². The number of esters is 2. The number of rotatable bonds is 55. The molecule has 9 nitrogen and oxygen atoms in total. The van der Waals surface area contributed by atoms with Crippen LogP contribution in [0.2, 0.25) is 0 Å². The summed E-state index contributed by atoms with van der Waals surface area (Å²) in [5, 5.41) is 0. The van der Waals surface area contributed by atoms with E-state index in [-0.39, 0.29) is 26.1 Å². The number of carbonyl (C=O) groups excluding carboxylic acids is 2. The largest absolute Gasteiger partial charge is 0.756 e. The van der Waals surface area contributed by atoms with Crippen LogP contribution in [0.15, 0.2) is 24.3 Å². The molecule has 0 fully saturated rings. The highest BCUT2D eigenvalue weighted by atomic mass is 31.2. The van der Waals surface area contributed by atoms with Crippen LogP contribution in [0.4, 0.5) is 0 Å². The van der Waals surface area contributed by atoms with E-state index in [2.05, 4.69) is 38.2 Å². The molecule has 0 N–H and O–H groups in total. The molecule has 0 aromatic heterocycles. The van der Waals surface area contributed by atoms with Crippen LogP contribution in [-0.4, -0.2) is 70.0 Å². The van der Waals surface area contributed by atoms with E-state index in [9.17, 15) is 19.0 Å². The normalized spacial score (nSPS) is 13.4. The lowest BCUT2D eigenvalue weighted by molar-refractivity contribution is -0.870. The zero-order valence-corrected chi connectivity index (χ0v) is 47.2. The van der Waals surface area contributed by atoms with Crippen molar-refractivity contribution in [2.45, 2.75) is 296 Å². The number of phosphoric acid groups is 1. The van der Waals surface area contributed by atoms with Gasteiger partial charge in [-0.2, -0.15) is 0 Å².